The van der Waals surface area contributed by atoms with E-state index in [2.05, 4.69) is 41.2 Å². The molecule has 1 aromatic carbocycles. The summed E-state index contributed by atoms with van der Waals surface area (Å²) in [5, 5.41) is 0. The molecule has 1 aromatic rings. The molecule has 0 N–H and O–H groups in total. The molecule has 0 aliphatic carbocycles. The van der Waals surface area contributed by atoms with Crippen molar-refractivity contribution >= 4 is 6.09 Å². The molecule has 0 atom stereocenters. The molecule has 0 saturated heterocycles. The van der Waals surface area contributed by atoms with E-state index in [1.54, 1.807) is 14.1 Å². The number of unbranched alkanes of at least 4 members (excludes halogenated alkanes) is 7. The fourth-order valence-electron chi connectivity index (χ4n) is 4.32. The predicted octanol–water partition coefficient (Wildman–Crippen LogP) is 5.93. The van der Waals surface area contributed by atoms with Crippen LogP contribution in [0.1, 0.15) is 70.3 Å². The van der Waals surface area contributed by atoms with E-state index in [9.17, 15) is 4.79 Å². The fourth-order valence-corrected chi connectivity index (χ4v) is 4.32. The molecule has 0 aliphatic rings. The molecule has 0 aliphatic heterocycles. The average Bonchev–Trinajstić information content (AvgIpc) is 2.70. The maximum absolute atomic E-state index is 12.0. The minimum atomic E-state index is -0.327. The van der Waals surface area contributed by atoms with Crippen molar-refractivity contribution in [2.75, 3.05) is 61.9 Å². The molecule has 0 unspecified atom stereocenters. The Morgan fingerprint density at radius 2 is 1.28 bits per heavy atom. The third-order valence-corrected chi connectivity index (χ3v) is 6.24. The van der Waals surface area contributed by atoms with Gasteiger partial charge in [-0.25, -0.2) is 4.79 Å². The number of hydrogen-bond acceptors (Lipinski definition) is 2. The molecule has 0 heterocycles. The quantitative estimate of drug-likeness (QED) is 0.231. The van der Waals surface area contributed by atoms with Gasteiger partial charge in [-0.2, -0.15) is 0 Å². The number of benzene rings is 1. The molecular formula is C27H51N3O2+2. The largest absolute Gasteiger partial charge is 0.414 e. The van der Waals surface area contributed by atoms with Crippen LogP contribution >= 0.6 is 0 Å². The lowest BCUT2D eigenvalue weighted by Gasteiger charge is -2.30. The van der Waals surface area contributed by atoms with E-state index in [1.807, 2.05) is 18.2 Å². The number of para-hydroxylation sites is 1. The van der Waals surface area contributed by atoms with Gasteiger partial charge in [0.15, 0.2) is 0 Å². The van der Waals surface area contributed by atoms with Crippen molar-refractivity contribution < 1.29 is 18.5 Å². The fraction of sp³-hybridized carbons (Fsp3) is 0.741. The van der Waals surface area contributed by atoms with Gasteiger partial charge in [-0.1, -0.05) is 44.7 Å². The number of quaternary nitrogens is 2. The zero-order valence-corrected chi connectivity index (χ0v) is 22.2. The number of rotatable bonds is 16. The molecule has 0 radical (unpaired) electrons. The van der Waals surface area contributed by atoms with Crippen LogP contribution in [0, 0.1) is 0 Å². The molecule has 0 bridgehead atoms. The van der Waals surface area contributed by atoms with Crippen LogP contribution in [0.15, 0.2) is 24.3 Å². The molecule has 32 heavy (non-hydrogen) atoms. The highest BCUT2D eigenvalue weighted by atomic mass is 16.6. The first-order chi connectivity index (χ1) is 15.1. The molecule has 0 spiro atoms. The Balaban J connectivity index is 2.23. The van der Waals surface area contributed by atoms with E-state index < -0.39 is 0 Å². The number of carbonyl (C=O) groups is 1. The van der Waals surface area contributed by atoms with Crippen LogP contribution in [-0.2, 0) is 6.54 Å². The van der Waals surface area contributed by atoms with Crippen LogP contribution in [0.4, 0.5) is 4.79 Å². The van der Waals surface area contributed by atoms with Gasteiger partial charge < -0.3 is 18.6 Å². The van der Waals surface area contributed by atoms with Gasteiger partial charge in [0.05, 0.1) is 47.8 Å². The van der Waals surface area contributed by atoms with Gasteiger partial charge in [0.2, 0.25) is 0 Å². The van der Waals surface area contributed by atoms with Crippen LogP contribution in [0.3, 0.4) is 0 Å². The van der Waals surface area contributed by atoms with Crippen LogP contribution in [-0.4, -0.2) is 81.9 Å². The molecule has 0 fully saturated rings. The summed E-state index contributed by atoms with van der Waals surface area (Å²) in [5.74, 6) is 0.675. The van der Waals surface area contributed by atoms with E-state index in [-0.39, 0.29) is 6.09 Å². The van der Waals surface area contributed by atoms with E-state index in [0.717, 1.165) is 23.1 Å². The number of amides is 1. The first-order valence-corrected chi connectivity index (χ1v) is 12.7. The highest BCUT2D eigenvalue weighted by molar-refractivity contribution is 5.70. The van der Waals surface area contributed by atoms with Gasteiger partial charge in [-0.3, -0.25) is 0 Å². The minimum Gasteiger partial charge on any atom is -0.410 e. The maximum atomic E-state index is 12.0. The van der Waals surface area contributed by atoms with Crippen LogP contribution < -0.4 is 4.74 Å². The minimum absolute atomic E-state index is 0.327. The zero-order valence-electron chi connectivity index (χ0n) is 22.2. The highest BCUT2D eigenvalue weighted by Crippen LogP contribution is 2.23. The predicted molar refractivity (Wildman–Crippen MR) is 136 cm³/mol. The van der Waals surface area contributed by atoms with Crippen molar-refractivity contribution in [1.29, 1.82) is 0 Å². The van der Waals surface area contributed by atoms with E-state index in [1.165, 1.54) is 80.3 Å². The molecular weight excluding hydrogens is 398 g/mol. The van der Waals surface area contributed by atoms with Gasteiger partial charge in [-0.05, 0) is 44.2 Å². The van der Waals surface area contributed by atoms with Crippen molar-refractivity contribution in [3.63, 3.8) is 0 Å². The molecule has 1 amide bonds. The number of nitrogens with zero attached hydrogens (tertiary/aromatic N) is 3. The Labute approximate surface area is 198 Å². The van der Waals surface area contributed by atoms with Gasteiger partial charge in [0, 0.05) is 19.7 Å². The molecule has 5 heteroatoms. The van der Waals surface area contributed by atoms with Gasteiger partial charge >= 0.3 is 6.09 Å². The third kappa shape index (κ3) is 12.4. The first kappa shape index (κ1) is 28.4. The lowest BCUT2D eigenvalue weighted by molar-refractivity contribution is -0.903. The normalized spacial score (nSPS) is 12.1. The Morgan fingerprint density at radius 3 is 1.81 bits per heavy atom. The second-order valence-electron chi connectivity index (χ2n) is 10.9. The second-order valence-corrected chi connectivity index (χ2v) is 10.9. The summed E-state index contributed by atoms with van der Waals surface area (Å²) in [4.78, 5) is 13.4. The highest BCUT2D eigenvalue weighted by Gasteiger charge is 2.19. The molecule has 0 aromatic heterocycles. The topological polar surface area (TPSA) is 29.5 Å². The Bertz CT molecular complexity index is 656. The van der Waals surface area contributed by atoms with Crippen LogP contribution in [0.2, 0.25) is 0 Å². The smallest absolute Gasteiger partial charge is 0.410 e. The second kappa shape index (κ2) is 14.5. The van der Waals surface area contributed by atoms with Gasteiger partial charge in [0.25, 0.3) is 0 Å². The Morgan fingerprint density at radius 1 is 0.781 bits per heavy atom. The monoisotopic (exact) mass is 449 g/mol. The standard InChI is InChI=1S/C27H51N3O2/c1-8-21-29(4,5)22-17-13-11-9-10-12-14-18-23-30(6,7)24-25-19-15-16-20-26(25)32-27(31)28(2)3/h15-16,19-20H,8-14,17-18,21-24H2,1-7H3/q+2. The van der Waals surface area contributed by atoms with Gasteiger partial charge in [0.1, 0.15) is 12.3 Å². The first-order valence-electron chi connectivity index (χ1n) is 12.7. The summed E-state index contributed by atoms with van der Waals surface area (Å²) < 4.78 is 7.64. The average molecular weight is 450 g/mol. The number of hydrogen-bond donors (Lipinski definition) is 0. The van der Waals surface area contributed by atoms with Crippen LogP contribution in [0.25, 0.3) is 0 Å². The van der Waals surface area contributed by atoms with E-state index >= 15 is 0 Å². The van der Waals surface area contributed by atoms with E-state index in [4.69, 9.17) is 4.74 Å². The molecule has 5 nitrogen and oxygen atoms in total. The molecule has 1 rings (SSSR count). The lowest BCUT2D eigenvalue weighted by Crippen LogP contribution is -2.40. The van der Waals surface area contributed by atoms with Crippen molar-refractivity contribution in [2.24, 2.45) is 0 Å². The van der Waals surface area contributed by atoms with Crippen molar-refractivity contribution in [3.8, 4) is 5.75 Å². The Hall–Kier alpha value is -1.59. The van der Waals surface area contributed by atoms with Gasteiger partial charge in [-0.15, -0.1) is 0 Å². The summed E-state index contributed by atoms with van der Waals surface area (Å²) in [6.07, 6.45) is 11.7. The summed E-state index contributed by atoms with van der Waals surface area (Å²) in [5.41, 5.74) is 1.09. The van der Waals surface area contributed by atoms with Crippen LogP contribution in [0.5, 0.6) is 5.75 Å². The summed E-state index contributed by atoms with van der Waals surface area (Å²) in [7, 11) is 12.7. The van der Waals surface area contributed by atoms with Crippen molar-refractivity contribution in [2.45, 2.75) is 71.3 Å². The third-order valence-electron chi connectivity index (χ3n) is 6.24. The summed E-state index contributed by atoms with van der Waals surface area (Å²) in [6, 6.07) is 7.90. The van der Waals surface area contributed by atoms with Crippen molar-refractivity contribution in [1.82, 2.24) is 4.90 Å². The van der Waals surface area contributed by atoms with E-state index in [0.29, 0.717) is 5.75 Å². The van der Waals surface area contributed by atoms with Crippen molar-refractivity contribution in [3.05, 3.63) is 29.8 Å². The number of ether oxygens (including phenoxy) is 1. The molecule has 184 valence electrons. The zero-order chi connectivity index (χ0) is 24.0. The lowest BCUT2D eigenvalue weighted by atomic mass is 10.1. The molecule has 0 saturated carbocycles. The summed E-state index contributed by atoms with van der Waals surface area (Å²) >= 11 is 0. The maximum Gasteiger partial charge on any atom is 0.414 e. The number of carbonyl (C=O) groups excluding carboxylic acids is 1. The SMILES string of the molecule is CCC[N+](C)(C)CCCCCCCCCC[N+](C)(C)Cc1ccccc1OC(=O)N(C)C. The Kier molecular flexibility index (Phi) is 12.9. The summed E-state index contributed by atoms with van der Waals surface area (Å²) in [6.45, 7) is 6.89.